The van der Waals surface area contributed by atoms with E-state index in [1.807, 2.05) is 25.1 Å². The summed E-state index contributed by atoms with van der Waals surface area (Å²) in [7, 11) is 2.96. The van der Waals surface area contributed by atoms with E-state index < -0.39 is 5.97 Å². The zero-order valence-electron chi connectivity index (χ0n) is 10.4. The Kier molecular flexibility index (Phi) is 3.62. The van der Waals surface area contributed by atoms with E-state index in [1.54, 1.807) is 12.5 Å². The zero-order valence-corrected chi connectivity index (χ0v) is 11.2. The second-order valence-corrected chi connectivity index (χ2v) is 4.59. The number of aryl methyl sites for hydroxylation is 1. The van der Waals surface area contributed by atoms with Gasteiger partial charge in [-0.1, -0.05) is 11.6 Å². The van der Waals surface area contributed by atoms with E-state index in [2.05, 4.69) is 9.72 Å². The maximum atomic E-state index is 11.4. The molecule has 5 heteroatoms. The van der Waals surface area contributed by atoms with Crippen molar-refractivity contribution in [2.75, 3.05) is 14.2 Å². The summed E-state index contributed by atoms with van der Waals surface area (Å²) in [5.41, 5.74) is 2.32. The molecule has 0 saturated carbocycles. The molecule has 0 aliphatic rings. The van der Waals surface area contributed by atoms with Crippen LogP contribution in [-0.2, 0) is 4.74 Å². The average Bonchev–Trinajstić information content (AvgIpc) is 2.87. The molecule has 0 amide bonds. The van der Waals surface area contributed by atoms with E-state index in [0.29, 0.717) is 5.69 Å². The zero-order chi connectivity index (χ0) is 13.1. The van der Waals surface area contributed by atoms with Crippen LogP contribution in [0.1, 0.15) is 16.1 Å². The van der Waals surface area contributed by atoms with Gasteiger partial charge in [0, 0.05) is 5.38 Å². The normalized spacial score (nSPS) is 10.2. The van der Waals surface area contributed by atoms with Gasteiger partial charge in [0.2, 0.25) is 0 Å². The SMILES string of the molecule is COC(=O)c1csc(-c2cc(C)ccc2OC)n1. The first-order chi connectivity index (χ1) is 8.65. The van der Waals surface area contributed by atoms with E-state index in [9.17, 15) is 4.79 Å². The first-order valence-electron chi connectivity index (χ1n) is 5.34. The number of ether oxygens (including phenoxy) is 2. The van der Waals surface area contributed by atoms with Crippen molar-refractivity contribution in [2.45, 2.75) is 6.92 Å². The summed E-state index contributed by atoms with van der Waals surface area (Å²) >= 11 is 1.39. The van der Waals surface area contributed by atoms with Crippen LogP contribution >= 0.6 is 11.3 Å². The van der Waals surface area contributed by atoms with Gasteiger partial charge in [0.1, 0.15) is 10.8 Å². The molecule has 0 bridgehead atoms. The molecular formula is C13H13NO3S. The minimum absolute atomic E-state index is 0.320. The molecular weight excluding hydrogens is 250 g/mol. The highest BCUT2D eigenvalue weighted by atomic mass is 32.1. The van der Waals surface area contributed by atoms with Crippen molar-refractivity contribution in [3.8, 4) is 16.3 Å². The first kappa shape index (κ1) is 12.6. The minimum Gasteiger partial charge on any atom is -0.496 e. The van der Waals surface area contributed by atoms with E-state index in [1.165, 1.54) is 18.4 Å². The molecule has 1 heterocycles. The molecule has 0 fully saturated rings. The number of carbonyl (C=O) groups is 1. The Morgan fingerprint density at radius 2 is 2.11 bits per heavy atom. The Morgan fingerprint density at radius 3 is 2.78 bits per heavy atom. The largest absolute Gasteiger partial charge is 0.496 e. The Labute approximate surface area is 109 Å². The van der Waals surface area contributed by atoms with Gasteiger partial charge in [-0.2, -0.15) is 0 Å². The Morgan fingerprint density at radius 1 is 1.33 bits per heavy atom. The van der Waals surface area contributed by atoms with Gasteiger partial charge in [0.05, 0.1) is 19.8 Å². The molecule has 1 aromatic carbocycles. The van der Waals surface area contributed by atoms with Gasteiger partial charge in [-0.25, -0.2) is 9.78 Å². The van der Waals surface area contributed by atoms with Crippen LogP contribution in [0.15, 0.2) is 23.6 Å². The standard InChI is InChI=1S/C13H13NO3S/c1-8-4-5-11(16-2)9(6-8)12-14-10(7-18-12)13(15)17-3/h4-7H,1-3H3. The highest BCUT2D eigenvalue weighted by Crippen LogP contribution is 2.33. The number of thiazole rings is 1. The van der Waals surface area contributed by atoms with Gasteiger partial charge >= 0.3 is 5.97 Å². The molecule has 2 rings (SSSR count). The van der Waals surface area contributed by atoms with Crippen LogP contribution in [0.5, 0.6) is 5.75 Å². The van der Waals surface area contributed by atoms with Crippen LogP contribution in [0, 0.1) is 6.92 Å². The fourth-order valence-corrected chi connectivity index (χ4v) is 2.39. The van der Waals surface area contributed by atoms with Crippen molar-refractivity contribution in [3.05, 3.63) is 34.8 Å². The van der Waals surface area contributed by atoms with Crippen LogP contribution in [0.4, 0.5) is 0 Å². The van der Waals surface area contributed by atoms with Crippen molar-refractivity contribution in [1.29, 1.82) is 0 Å². The van der Waals surface area contributed by atoms with Crippen molar-refractivity contribution in [2.24, 2.45) is 0 Å². The van der Waals surface area contributed by atoms with Crippen molar-refractivity contribution < 1.29 is 14.3 Å². The summed E-state index contributed by atoms with van der Waals surface area (Å²) in [6.07, 6.45) is 0. The lowest BCUT2D eigenvalue weighted by Gasteiger charge is -2.06. The predicted molar refractivity (Wildman–Crippen MR) is 70.2 cm³/mol. The number of hydrogen-bond acceptors (Lipinski definition) is 5. The van der Waals surface area contributed by atoms with Gasteiger partial charge in [0.15, 0.2) is 5.69 Å². The third-order valence-corrected chi connectivity index (χ3v) is 3.36. The summed E-state index contributed by atoms with van der Waals surface area (Å²) in [5.74, 6) is 0.315. The van der Waals surface area contributed by atoms with Crippen molar-refractivity contribution in [1.82, 2.24) is 4.98 Å². The molecule has 0 aliphatic carbocycles. The molecule has 0 N–H and O–H groups in total. The van der Waals surface area contributed by atoms with Gasteiger partial charge in [-0.05, 0) is 19.1 Å². The third kappa shape index (κ3) is 2.36. The van der Waals surface area contributed by atoms with Gasteiger partial charge < -0.3 is 9.47 Å². The number of nitrogens with zero attached hydrogens (tertiary/aromatic N) is 1. The molecule has 0 spiro atoms. The molecule has 0 unspecified atom stereocenters. The summed E-state index contributed by atoms with van der Waals surface area (Å²) in [6, 6.07) is 5.85. The predicted octanol–water partition coefficient (Wildman–Crippen LogP) is 2.91. The van der Waals surface area contributed by atoms with Crippen molar-refractivity contribution in [3.63, 3.8) is 0 Å². The minimum atomic E-state index is -0.427. The second kappa shape index (κ2) is 5.18. The van der Waals surface area contributed by atoms with E-state index in [0.717, 1.165) is 21.9 Å². The smallest absolute Gasteiger partial charge is 0.357 e. The molecule has 0 saturated heterocycles. The molecule has 2 aromatic rings. The molecule has 94 valence electrons. The highest BCUT2D eigenvalue weighted by Gasteiger charge is 2.14. The van der Waals surface area contributed by atoms with Gasteiger partial charge in [0.25, 0.3) is 0 Å². The quantitative estimate of drug-likeness (QED) is 0.799. The summed E-state index contributed by atoms with van der Waals surface area (Å²) in [5, 5.41) is 2.43. The lowest BCUT2D eigenvalue weighted by atomic mass is 10.1. The third-order valence-electron chi connectivity index (χ3n) is 2.48. The monoisotopic (exact) mass is 263 g/mol. The van der Waals surface area contributed by atoms with Crippen LogP contribution in [0.25, 0.3) is 10.6 Å². The van der Waals surface area contributed by atoms with Crippen LogP contribution in [0.3, 0.4) is 0 Å². The molecule has 1 aromatic heterocycles. The number of benzene rings is 1. The maximum absolute atomic E-state index is 11.4. The number of aromatic nitrogens is 1. The Bertz CT molecular complexity index is 577. The number of esters is 1. The first-order valence-corrected chi connectivity index (χ1v) is 6.22. The summed E-state index contributed by atoms with van der Waals surface area (Å²) in [6.45, 7) is 2.00. The highest BCUT2D eigenvalue weighted by molar-refractivity contribution is 7.13. The Balaban J connectivity index is 2.45. The fraction of sp³-hybridized carbons (Fsp3) is 0.231. The molecule has 18 heavy (non-hydrogen) atoms. The van der Waals surface area contributed by atoms with Gasteiger partial charge in [-0.3, -0.25) is 0 Å². The molecule has 0 aliphatic heterocycles. The topological polar surface area (TPSA) is 48.4 Å². The number of rotatable bonds is 3. The van der Waals surface area contributed by atoms with E-state index >= 15 is 0 Å². The summed E-state index contributed by atoms with van der Waals surface area (Å²) in [4.78, 5) is 15.6. The van der Waals surface area contributed by atoms with Crippen LogP contribution in [-0.4, -0.2) is 25.2 Å². The maximum Gasteiger partial charge on any atom is 0.357 e. The lowest BCUT2D eigenvalue weighted by molar-refractivity contribution is 0.0595. The number of hydrogen-bond donors (Lipinski definition) is 0. The van der Waals surface area contributed by atoms with E-state index in [4.69, 9.17) is 4.74 Å². The van der Waals surface area contributed by atoms with Gasteiger partial charge in [-0.15, -0.1) is 11.3 Å². The second-order valence-electron chi connectivity index (χ2n) is 3.73. The average molecular weight is 263 g/mol. The Hall–Kier alpha value is -1.88. The van der Waals surface area contributed by atoms with Crippen LogP contribution < -0.4 is 4.74 Å². The molecule has 0 radical (unpaired) electrons. The number of carbonyl (C=O) groups excluding carboxylic acids is 1. The van der Waals surface area contributed by atoms with Crippen molar-refractivity contribution >= 4 is 17.3 Å². The summed E-state index contributed by atoms with van der Waals surface area (Å²) < 4.78 is 9.94. The molecule has 0 atom stereocenters. The fourth-order valence-electron chi connectivity index (χ4n) is 1.58. The van der Waals surface area contributed by atoms with E-state index in [-0.39, 0.29) is 0 Å². The lowest BCUT2D eigenvalue weighted by Crippen LogP contribution is -2.01. The number of methoxy groups -OCH3 is 2. The van der Waals surface area contributed by atoms with Crippen LogP contribution in [0.2, 0.25) is 0 Å². The molecule has 4 nitrogen and oxygen atoms in total.